The Bertz CT molecular complexity index is 331. The Morgan fingerprint density at radius 2 is 1.86 bits per heavy atom. The molecule has 0 saturated carbocycles. The molecule has 6 heteroatoms. The fraction of sp³-hybridized carbons (Fsp3) is 0.375. The van der Waals surface area contributed by atoms with E-state index in [2.05, 4.69) is 9.97 Å². The minimum absolute atomic E-state index is 0.0537. The highest BCUT2D eigenvalue weighted by atomic mass is 19.4. The van der Waals surface area contributed by atoms with Gasteiger partial charge in [-0.05, 0) is 12.5 Å². The Hall–Kier alpha value is -1.46. The second-order valence-electron chi connectivity index (χ2n) is 2.79. The molecule has 76 valence electrons. The first-order chi connectivity index (χ1) is 6.39. The van der Waals surface area contributed by atoms with Crippen molar-refractivity contribution >= 4 is 5.78 Å². The van der Waals surface area contributed by atoms with Gasteiger partial charge in [0.2, 0.25) is 5.82 Å². The number of rotatable bonds is 2. The minimum atomic E-state index is -4.53. The molecule has 1 aromatic rings. The lowest BCUT2D eigenvalue weighted by atomic mass is 10.2. The molecule has 0 saturated heterocycles. The molecule has 0 aliphatic heterocycles. The van der Waals surface area contributed by atoms with Crippen LogP contribution in [0.2, 0.25) is 0 Å². The van der Waals surface area contributed by atoms with Crippen molar-refractivity contribution in [2.24, 2.45) is 0 Å². The topological polar surface area (TPSA) is 42.9 Å². The van der Waals surface area contributed by atoms with Gasteiger partial charge < -0.3 is 0 Å². The third-order valence-corrected chi connectivity index (χ3v) is 1.41. The van der Waals surface area contributed by atoms with Gasteiger partial charge in [-0.1, -0.05) is 0 Å². The molecule has 1 aromatic heterocycles. The zero-order chi connectivity index (χ0) is 10.8. The molecule has 0 aliphatic carbocycles. The first-order valence-electron chi connectivity index (χ1n) is 3.77. The number of hydrogen-bond donors (Lipinski definition) is 0. The van der Waals surface area contributed by atoms with E-state index >= 15 is 0 Å². The standard InChI is InChI=1S/C8H7F3N2O/c1-5(14)2-6-3-12-7(13-4-6)8(9,10)11/h3-4H,2H2,1H3. The van der Waals surface area contributed by atoms with E-state index in [1.165, 1.54) is 6.92 Å². The molecule has 0 fully saturated rings. The summed E-state index contributed by atoms with van der Waals surface area (Å²) in [5, 5.41) is 0. The number of halogens is 3. The van der Waals surface area contributed by atoms with Crippen LogP contribution in [0.25, 0.3) is 0 Å². The zero-order valence-electron chi connectivity index (χ0n) is 7.30. The van der Waals surface area contributed by atoms with E-state index in [4.69, 9.17) is 0 Å². The second kappa shape index (κ2) is 3.73. The van der Waals surface area contributed by atoms with Crippen LogP contribution in [-0.2, 0) is 17.4 Å². The number of hydrogen-bond acceptors (Lipinski definition) is 3. The van der Waals surface area contributed by atoms with Crippen LogP contribution in [-0.4, -0.2) is 15.8 Å². The van der Waals surface area contributed by atoms with Crippen LogP contribution in [0.3, 0.4) is 0 Å². The van der Waals surface area contributed by atoms with Crippen molar-refractivity contribution in [2.45, 2.75) is 19.5 Å². The average Bonchev–Trinajstić information content (AvgIpc) is 2.02. The molecule has 0 N–H and O–H groups in total. The smallest absolute Gasteiger partial charge is 0.300 e. The molecule has 0 radical (unpaired) electrons. The zero-order valence-corrected chi connectivity index (χ0v) is 7.30. The molecule has 0 unspecified atom stereocenters. The monoisotopic (exact) mass is 204 g/mol. The van der Waals surface area contributed by atoms with E-state index in [-0.39, 0.29) is 12.2 Å². The largest absolute Gasteiger partial charge is 0.451 e. The lowest BCUT2D eigenvalue weighted by Crippen LogP contribution is -2.11. The van der Waals surface area contributed by atoms with Crippen LogP contribution in [0.5, 0.6) is 0 Å². The van der Waals surface area contributed by atoms with Crippen molar-refractivity contribution < 1.29 is 18.0 Å². The number of nitrogens with zero attached hydrogens (tertiary/aromatic N) is 2. The van der Waals surface area contributed by atoms with Gasteiger partial charge in [0, 0.05) is 18.8 Å². The van der Waals surface area contributed by atoms with E-state index in [9.17, 15) is 18.0 Å². The normalized spacial score (nSPS) is 11.4. The molecule has 0 spiro atoms. The van der Waals surface area contributed by atoms with Gasteiger partial charge >= 0.3 is 6.18 Å². The number of aromatic nitrogens is 2. The van der Waals surface area contributed by atoms with E-state index in [1.54, 1.807) is 0 Å². The molecular weight excluding hydrogens is 197 g/mol. The van der Waals surface area contributed by atoms with Gasteiger partial charge in [-0.15, -0.1) is 0 Å². The van der Waals surface area contributed by atoms with Gasteiger partial charge in [-0.3, -0.25) is 4.79 Å². The summed E-state index contributed by atoms with van der Waals surface area (Å²) in [5.41, 5.74) is 0.380. The van der Waals surface area contributed by atoms with Crippen molar-refractivity contribution in [3.05, 3.63) is 23.8 Å². The van der Waals surface area contributed by atoms with E-state index in [1.807, 2.05) is 0 Å². The summed E-state index contributed by atoms with van der Waals surface area (Å²) in [6.07, 6.45) is -2.46. The third kappa shape index (κ3) is 2.79. The Labute approximate surface area is 78.0 Å². The molecule has 0 atom stereocenters. The van der Waals surface area contributed by atoms with Gasteiger partial charge in [0.05, 0.1) is 0 Å². The third-order valence-electron chi connectivity index (χ3n) is 1.41. The Morgan fingerprint density at radius 3 is 2.21 bits per heavy atom. The van der Waals surface area contributed by atoms with Gasteiger partial charge in [-0.25, -0.2) is 9.97 Å². The lowest BCUT2D eigenvalue weighted by Gasteiger charge is -2.04. The van der Waals surface area contributed by atoms with E-state index < -0.39 is 12.0 Å². The van der Waals surface area contributed by atoms with Gasteiger partial charge in [-0.2, -0.15) is 13.2 Å². The first-order valence-corrected chi connectivity index (χ1v) is 3.77. The molecular formula is C8H7F3N2O. The minimum Gasteiger partial charge on any atom is -0.300 e. The fourth-order valence-electron chi connectivity index (χ4n) is 0.880. The van der Waals surface area contributed by atoms with Gasteiger partial charge in [0.1, 0.15) is 5.78 Å². The van der Waals surface area contributed by atoms with Crippen LogP contribution in [0.15, 0.2) is 12.4 Å². The number of carbonyl (C=O) groups is 1. The maximum Gasteiger partial charge on any atom is 0.451 e. The van der Waals surface area contributed by atoms with Crippen LogP contribution in [0, 0.1) is 0 Å². The SMILES string of the molecule is CC(=O)Cc1cnc(C(F)(F)F)nc1. The summed E-state index contributed by atoms with van der Waals surface area (Å²) in [6.45, 7) is 1.34. The summed E-state index contributed by atoms with van der Waals surface area (Å²) in [6, 6.07) is 0. The summed E-state index contributed by atoms with van der Waals surface area (Å²) in [4.78, 5) is 16.8. The molecule has 0 aromatic carbocycles. The highest BCUT2D eigenvalue weighted by molar-refractivity contribution is 5.77. The van der Waals surface area contributed by atoms with Crippen LogP contribution < -0.4 is 0 Å². The second-order valence-corrected chi connectivity index (χ2v) is 2.79. The fourth-order valence-corrected chi connectivity index (χ4v) is 0.880. The predicted octanol–water partition coefficient (Wildman–Crippen LogP) is 1.63. The summed E-state index contributed by atoms with van der Waals surface area (Å²) < 4.78 is 36.0. The molecule has 0 amide bonds. The van der Waals surface area contributed by atoms with E-state index in [0.717, 1.165) is 12.4 Å². The van der Waals surface area contributed by atoms with Crippen LogP contribution >= 0.6 is 0 Å². The van der Waals surface area contributed by atoms with Crippen molar-refractivity contribution in [1.82, 2.24) is 9.97 Å². The van der Waals surface area contributed by atoms with Gasteiger partial charge in [0.15, 0.2) is 0 Å². The average molecular weight is 204 g/mol. The maximum absolute atomic E-state index is 12.0. The number of Topliss-reactive ketones (excluding diaryl/α,β-unsaturated/α-hetero) is 1. The Kier molecular flexibility index (Phi) is 2.83. The summed E-state index contributed by atoms with van der Waals surface area (Å²) in [7, 11) is 0. The van der Waals surface area contributed by atoms with Gasteiger partial charge in [0.25, 0.3) is 0 Å². The molecule has 0 bridgehead atoms. The molecule has 1 rings (SSSR count). The highest BCUT2D eigenvalue weighted by Gasteiger charge is 2.34. The molecule has 0 aliphatic rings. The quantitative estimate of drug-likeness (QED) is 0.735. The van der Waals surface area contributed by atoms with Crippen LogP contribution in [0.4, 0.5) is 13.2 Å². The highest BCUT2D eigenvalue weighted by Crippen LogP contribution is 2.25. The van der Waals surface area contributed by atoms with Crippen molar-refractivity contribution in [3.63, 3.8) is 0 Å². The van der Waals surface area contributed by atoms with Crippen molar-refractivity contribution in [2.75, 3.05) is 0 Å². The first kappa shape index (κ1) is 10.6. The van der Waals surface area contributed by atoms with Crippen molar-refractivity contribution in [1.29, 1.82) is 0 Å². The van der Waals surface area contributed by atoms with E-state index in [0.29, 0.717) is 5.56 Å². The number of carbonyl (C=O) groups excluding carboxylic acids is 1. The Morgan fingerprint density at radius 1 is 1.36 bits per heavy atom. The molecule has 1 heterocycles. The predicted molar refractivity (Wildman–Crippen MR) is 41.4 cm³/mol. The summed E-state index contributed by atoms with van der Waals surface area (Å²) >= 11 is 0. The number of alkyl halides is 3. The maximum atomic E-state index is 12.0. The number of ketones is 1. The Balaban J connectivity index is 2.84. The molecule has 3 nitrogen and oxygen atoms in total. The van der Waals surface area contributed by atoms with Crippen molar-refractivity contribution in [3.8, 4) is 0 Å². The summed E-state index contributed by atoms with van der Waals surface area (Å²) in [5.74, 6) is -1.34. The lowest BCUT2D eigenvalue weighted by molar-refractivity contribution is -0.145. The van der Waals surface area contributed by atoms with Crippen LogP contribution in [0.1, 0.15) is 18.3 Å². The molecule has 14 heavy (non-hydrogen) atoms.